The van der Waals surface area contributed by atoms with E-state index in [0.717, 1.165) is 11.1 Å². The maximum atomic E-state index is 13.3. The first kappa shape index (κ1) is 13.8. The van der Waals surface area contributed by atoms with Crippen LogP contribution in [0.3, 0.4) is 0 Å². The molecule has 0 aliphatic rings. The first-order valence-corrected chi connectivity index (χ1v) is 5.90. The van der Waals surface area contributed by atoms with Crippen molar-refractivity contribution in [2.75, 3.05) is 7.05 Å². The minimum atomic E-state index is -1.79. The summed E-state index contributed by atoms with van der Waals surface area (Å²) in [5, 5.41) is 18.1. The normalized spacial score (nSPS) is 11.0. The third-order valence-corrected chi connectivity index (χ3v) is 2.82. The number of hydrogen-bond donors (Lipinski definition) is 2. The smallest absolute Gasteiger partial charge is 0.472 e. The summed E-state index contributed by atoms with van der Waals surface area (Å²) >= 11 is 0. The van der Waals surface area contributed by atoms with Crippen LogP contribution in [0.15, 0.2) is 41.2 Å². The van der Waals surface area contributed by atoms with Crippen LogP contribution >= 0.6 is 0 Å². The van der Waals surface area contributed by atoms with Crippen LogP contribution in [-0.2, 0) is 13.1 Å². The highest BCUT2D eigenvalue weighted by atomic mass is 19.1. The minimum absolute atomic E-state index is 0.103. The number of furan rings is 1. The van der Waals surface area contributed by atoms with E-state index < -0.39 is 12.9 Å². The van der Waals surface area contributed by atoms with Crippen molar-refractivity contribution in [2.45, 2.75) is 13.1 Å². The lowest BCUT2D eigenvalue weighted by atomic mass is 9.79. The van der Waals surface area contributed by atoms with Crippen molar-refractivity contribution >= 4 is 12.6 Å². The Hall–Kier alpha value is -1.63. The van der Waals surface area contributed by atoms with Crippen LogP contribution in [0.25, 0.3) is 0 Å². The Bertz CT molecular complexity index is 531. The second kappa shape index (κ2) is 6.01. The summed E-state index contributed by atoms with van der Waals surface area (Å²) in [6.07, 6.45) is 3.28. The van der Waals surface area contributed by atoms with Crippen LogP contribution in [-0.4, -0.2) is 29.1 Å². The Balaban J connectivity index is 2.04. The van der Waals surface area contributed by atoms with Gasteiger partial charge in [0.2, 0.25) is 0 Å². The maximum absolute atomic E-state index is 13.3. The highest BCUT2D eigenvalue weighted by Crippen LogP contribution is 2.09. The molecule has 4 nitrogen and oxygen atoms in total. The molecule has 2 N–H and O–H groups in total. The second-order valence-electron chi connectivity index (χ2n) is 4.53. The van der Waals surface area contributed by atoms with E-state index in [1.807, 2.05) is 18.0 Å². The third kappa shape index (κ3) is 3.67. The van der Waals surface area contributed by atoms with Gasteiger partial charge in [-0.15, -0.1) is 0 Å². The number of hydrogen-bond acceptors (Lipinski definition) is 4. The maximum Gasteiger partial charge on any atom is 0.491 e. The number of nitrogens with zero attached hydrogens (tertiary/aromatic N) is 1. The second-order valence-corrected chi connectivity index (χ2v) is 4.53. The van der Waals surface area contributed by atoms with Gasteiger partial charge in [0.1, 0.15) is 5.82 Å². The van der Waals surface area contributed by atoms with Gasteiger partial charge >= 0.3 is 7.12 Å². The molecule has 19 heavy (non-hydrogen) atoms. The molecule has 2 rings (SSSR count). The first-order chi connectivity index (χ1) is 9.06. The molecule has 0 unspecified atom stereocenters. The van der Waals surface area contributed by atoms with Crippen molar-refractivity contribution in [2.24, 2.45) is 0 Å². The quantitative estimate of drug-likeness (QED) is 0.781. The summed E-state index contributed by atoms with van der Waals surface area (Å²) in [7, 11) is 0.130. The summed E-state index contributed by atoms with van der Waals surface area (Å²) in [6, 6.07) is 6.22. The van der Waals surface area contributed by atoms with Crippen LogP contribution in [0.2, 0.25) is 0 Å². The van der Waals surface area contributed by atoms with Crippen molar-refractivity contribution in [3.8, 4) is 0 Å². The lowest BCUT2D eigenvalue weighted by Gasteiger charge is -2.16. The molecule has 0 fully saturated rings. The average molecular weight is 263 g/mol. The molecule has 1 aromatic heterocycles. The average Bonchev–Trinajstić information content (AvgIpc) is 2.84. The van der Waals surface area contributed by atoms with E-state index in [2.05, 4.69) is 0 Å². The van der Waals surface area contributed by atoms with Crippen molar-refractivity contribution < 1.29 is 18.9 Å². The molecule has 0 radical (unpaired) electrons. The monoisotopic (exact) mass is 263 g/mol. The van der Waals surface area contributed by atoms with Gasteiger partial charge in [0.05, 0.1) is 12.5 Å². The highest BCUT2D eigenvalue weighted by Gasteiger charge is 2.17. The molecule has 0 saturated carbocycles. The van der Waals surface area contributed by atoms with E-state index in [0.29, 0.717) is 13.1 Å². The zero-order valence-electron chi connectivity index (χ0n) is 10.6. The van der Waals surface area contributed by atoms with Gasteiger partial charge in [-0.2, -0.15) is 0 Å². The Labute approximate surface area is 111 Å². The minimum Gasteiger partial charge on any atom is -0.472 e. The van der Waals surface area contributed by atoms with Crippen molar-refractivity contribution in [1.29, 1.82) is 0 Å². The van der Waals surface area contributed by atoms with Gasteiger partial charge in [0.25, 0.3) is 0 Å². The molecule has 0 spiro atoms. The van der Waals surface area contributed by atoms with Gasteiger partial charge in [-0.1, -0.05) is 12.1 Å². The molecular weight excluding hydrogens is 248 g/mol. The van der Waals surface area contributed by atoms with Crippen LogP contribution in [0.5, 0.6) is 0 Å². The predicted molar refractivity (Wildman–Crippen MR) is 70.1 cm³/mol. The molecule has 1 heterocycles. The van der Waals surface area contributed by atoms with Crippen LogP contribution < -0.4 is 5.46 Å². The first-order valence-electron chi connectivity index (χ1n) is 5.90. The number of halogens is 1. The van der Waals surface area contributed by atoms with Gasteiger partial charge in [0.15, 0.2) is 0 Å². The van der Waals surface area contributed by atoms with Crippen LogP contribution in [0, 0.1) is 5.82 Å². The van der Waals surface area contributed by atoms with E-state index in [1.54, 1.807) is 18.6 Å². The zero-order valence-corrected chi connectivity index (χ0v) is 10.6. The van der Waals surface area contributed by atoms with E-state index in [9.17, 15) is 4.39 Å². The van der Waals surface area contributed by atoms with Crippen LogP contribution in [0.4, 0.5) is 4.39 Å². The Morgan fingerprint density at radius 1 is 1.21 bits per heavy atom. The topological polar surface area (TPSA) is 56.8 Å². The standard InChI is InChI=1S/C13H15BFNO3/c1-16(8-11-4-5-19-9-11)7-10-2-3-13(15)12(6-10)14(17)18/h2-6,9,17-18H,7-8H2,1H3. The summed E-state index contributed by atoms with van der Waals surface area (Å²) < 4.78 is 18.3. The SMILES string of the molecule is CN(Cc1ccoc1)Cc1ccc(F)c(B(O)O)c1. The Morgan fingerprint density at radius 2 is 1.95 bits per heavy atom. The van der Waals surface area contributed by atoms with E-state index >= 15 is 0 Å². The van der Waals surface area contributed by atoms with Crippen molar-refractivity contribution in [3.05, 3.63) is 53.7 Å². The fraction of sp³-hybridized carbons (Fsp3) is 0.231. The molecule has 0 atom stereocenters. The van der Waals surface area contributed by atoms with E-state index in [-0.39, 0.29) is 5.46 Å². The van der Waals surface area contributed by atoms with Gasteiger partial charge in [-0.25, -0.2) is 4.39 Å². The third-order valence-electron chi connectivity index (χ3n) is 2.82. The fourth-order valence-corrected chi connectivity index (χ4v) is 1.95. The lowest BCUT2D eigenvalue weighted by molar-refractivity contribution is 0.317. The Morgan fingerprint density at radius 3 is 2.58 bits per heavy atom. The molecule has 0 saturated heterocycles. The molecule has 0 aliphatic heterocycles. The molecular formula is C13H15BFNO3. The summed E-state index contributed by atoms with van der Waals surface area (Å²) in [5.41, 5.74) is 1.76. The molecule has 0 bridgehead atoms. The Kier molecular flexibility index (Phi) is 4.37. The van der Waals surface area contributed by atoms with Crippen molar-refractivity contribution in [3.63, 3.8) is 0 Å². The number of rotatable bonds is 5. The lowest BCUT2D eigenvalue weighted by Crippen LogP contribution is -2.33. The summed E-state index contributed by atoms with van der Waals surface area (Å²) in [5.74, 6) is -0.615. The van der Waals surface area contributed by atoms with Gasteiger partial charge in [-0.3, -0.25) is 4.90 Å². The zero-order chi connectivity index (χ0) is 13.8. The summed E-state index contributed by atoms with van der Waals surface area (Å²) in [6.45, 7) is 1.27. The van der Waals surface area contributed by atoms with E-state index in [1.165, 1.54) is 12.1 Å². The van der Waals surface area contributed by atoms with Crippen LogP contribution in [0.1, 0.15) is 11.1 Å². The van der Waals surface area contributed by atoms with Gasteiger partial charge < -0.3 is 14.5 Å². The van der Waals surface area contributed by atoms with Gasteiger partial charge in [0, 0.05) is 24.1 Å². The van der Waals surface area contributed by atoms with Gasteiger partial charge in [-0.05, 0) is 24.7 Å². The molecule has 100 valence electrons. The summed E-state index contributed by atoms with van der Waals surface area (Å²) in [4.78, 5) is 2.02. The van der Waals surface area contributed by atoms with Crippen molar-refractivity contribution in [1.82, 2.24) is 4.90 Å². The largest absolute Gasteiger partial charge is 0.491 e. The fourth-order valence-electron chi connectivity index (χ4n) is 1.95. The predicted octanol–water partition coefficient (Wildman–Crippen LogP) is 0.731. The van der Waals surface area contributed by atoms with E-state index in [4.69, 9.17) is 14.5 Å². The highest BCUT2D eigenvalue weighted by molar-refractivity contribution is 6.58. The number of benzene rings is 1. The molecule has 1 aromatic carbocycles. The molecule has 0 aliphatic carbocycles. The molecule has 6 heteroatoms. The molecule has 0 amide bonds. The molecule has 2 aromatic rings.